The third-order valence-corrected chi connectivity index (χ3v) is 3.02. The third kappa shape index (κ3) is 2.90. The molecule has 1 fully saturated rings. The predicted octanol–water partition coefficient (Wildman–Crippen LogP) is -0.702. The second-order valence-electron chi connectivity index (χ2n) is 4.10. The number of hydrogen-bond donors (Lipinski definition) is 2. The zero-order chi connectivity index (χ0) is 11.4. The topological polar surface area (TPSA) is 81.6 Å². The Morgan fingerprint density at radius 2 is 2.33 bits per heavy atom. The molecule has 3 atom stereocenters. The van der Waals surface area contributed by atoms with E-state index in [0.29, 0.717) is 6.54 Å². The molecule has 1 aliphatic heterocycles. The molecule has 0 spiro atoms. The average Bonchev–Trinajstić information content (AvgIpc) is 2.26. The number of carbonyl (C=O) groups excluding carboxylic acids is 1. The Kier molecular flexibility index (Phi) is 4.50. The van der Waals surface area contributed by atoms with E-state index in [1.165, 1.54) is 0 Å². The van der Waals surface area contributed by atoms with Gasteiger partial charge in [-0.05, 0) is 19.8 Å². The molecule has 0 aromatic rings. The lowest BCUT2D eigenvalue weighted by Gasteiger charge is -2.38. The van der Waals surface area contributed by atoms with Gasteiger partial charge < -0.3 is 21.1 Å². The molecule has 0 radical (unpaired) electrons. The largest absolute Gasteiger partial charge is 0.381 e. The van der Waals surface area contributed by atoms with Crippen molar-refractivity contribution < 1.29 is 9.53 Å². The first-order chi connectivity index (χ1) is 7.10. The molecule has 0 bridgehead atoms. The number of nitrogens with zero attached hydrogens (tertiary/aromatic N) is 1. The van der Waals surface area contributed by atoms with Gasteiger partial charge in [0.15, 0.2) is 0 Å². The summed E-state index contributed by atoms with van der Waals surface area (Å²) in [4.78, 5) is 13.6. The van der Waals surface area contributed by atoms with Crippen LogP contribution in [0.15, 0.2) is 0 Å². The van der Waals surface area contributed by atoms with Crippen LogP contribution in [-0.2, 0) is 9.53 Å². The first-order valence-electron chi connectivity index (χ1n) is 5.39. The van der Waals surface area contributed by atoms with Crippen LogP contribution in [-0.4, -0.2) is 49.2 Å². The number of nitrogens with two attached hydrogens (primary N) is 2. The molecule has 0 saturated carbocycles. The van der Waals surface area contributed by atoms with Crippen molar-refractivity contribution in [2.75, 3.05) is 20.2 Å². The summed E-state index contributed by atoms with van der Waals surface area (Å²) in [5.74, 6) is -0.0421. The van der Waals surface area contributed by atoms with Crippen molar-refractivity contribution in [3.8, 4) is 0 Å². The Morgan fingerprint density at radius 1 is 1.67 bits per heavy atom. The zero-order valence-corrected chi connectivity index (χ0v) is 9.48. The van der Waals surface area contributed by atoms with Crippen LogP contribution < -0.4 is 11.5 Å². The summed E-state index contributed by atoms with van der Waals surface area (Å²) in [7, 11) is 1.71. The van der Waals surface area contributed by atoms with Crippen molar-refractivity contribution >= 4 is 5.91 Å². The molecule has 88 valence electrons. The highest BCUT2D eigenvalue weighted by molar-refractivity contribution is 5.82. The Bertz CT molecular complexity index is 223. The summed E-state index contributed by atoms with van der Waals surface area (Å²) in [6, 6.07) is -0.375. The minimum atomic E-state index is -0.563. The van der Waals surface area contributed by atoms with E-state index < -0.39 is 6.04 Å². The van der Waals surface area contributed by atoms with Crippen LogP contribution in [0, 0.1) is 0 Å². The smallest absolute Gasteiger partial charge is 0.241 e. The molecular weight excluding hydrogens is 194 g/mol. The van der Waals surface area contributed by atoms with Gasteiger partial charge in [-0.15, -0.1) is 0 Å². The molecule has 0 aliphatic carbocycles. The van der Waals surface area contributed by atoms with Crippen LogP contribution in [0.2, 0.25) is 0 Å². The maximum atomic E-state index is 11.8. The second-order valence-corrected chi connectivity index (χ2v) is 4.10. The van der Waals surface area contributed by atoms with Crippen molar-refractivity contribution in [3.63, 3.8) is 0 Å². The van der Waals surface area contributed by atoms with Gasteiger partial charge >= 0.3 is 0 Å². The van der Waals surface area contributed by atoms with E-state index in [9.17, 15) is 4.79 Å². The number of piperidine rings is 1. The molecule has 15 heavy (non-hydrogen) atoms. The van der Waals surface area contributed by atoms with Crippen molar-refractivity contribution in [3.05, 3.63) is 0 Å². The number of rotatable bonds is 3. The van der Waals surface area contributed by atoms with E-state index >= 15 is 0 Å². The molecule has 0 aromatic carbocycles. The van der Waals surface area contributed by atoms with Crippen molar-refractivity contribution in [2.45, 2.75) is 38.0 Å². The summed E-state index contributed by atoms with van der Waals surface area (Å²) in [5.41, 5.74) is 11.0. The van der Waals surface area contributed by atoms with Crippen LogP contribution in [0.5, 0.6) is 0 Å². The number of ether oxygens (including phenoxy) is 1. The van der Waals surface area contributed by atoms with E-state index in [4.69, 9.17) is 16.2 Å². The maximum absolute atomic E-state index is 11.8. The highest BCUT2D eigenvalue weighted by Gasteiger charge is 2.30. The van der Waals surface area contributed by atoms with Crippen LogP contribution in [0.25, 0.3) is 0 Å². The molecular formula is C10H21N3O2. The minimum Gasteiger partial charge on any atom is -0.381 e. The highest BCUT2D eigenvalue weighted by atomic mass is 16.5. The molecule has 1 saturated heterocycles. The summed E-state index contributed by atoms with van der Waals surface area (Å²) in [5, 5.41) is 0. The number of hydrogen-bond acceptors (Lipinski definition) is 4. The molecule has 1 rings (SSSR count). The van der Waals surface area contributed by atoms with E-state index in [2.05, 4.69) is 0 Å². The first kappa shape index (κ1) is 12.4. The maximum Gasteiger partial charge on any atom is 0.241 e. The number of methoxy groups -OCH3 is 1. The Labute approximate surface area is 90.7 Å². The quantitative estimate of drug-likeness (QED) is 0.652. The first-order valence-corrected chi connectivity index (χ1v) is 5.39. The van der Waals surface area contributed by atoms with Crippen molar-refractivity contribution in [1.82, 2.24) is 4.90 Å². The van der Waals surface area contributed by atoms with Crippen LogP contribution in [0.3, 0.4) is 0 Å². The standard InChI is InChI=1S/C10H21N3O2/c1-7-5-8(15-2)3-4-13(7)10(14)9(12)6-11/h7-9H,3-6,11-12H2,1-2H3/t7-,8-,9?/m0/s1. The van der Waals surface area contributed by atoms with Crippen molar-refractivity contribution in [1.29, 1.82) is 0 Å². The number of likely N-dealkylation sites (tertiary alicyclic amines) is 1. The predicted molar refractivity (Wildman–Crippen MR) is 58.2 cm³/mol. The fourth-order valence-corrected chi connectivity index (χ4v) is 1.98. The van der Waals surface area contributed by atoms with Gasteiger partial charge in [0.25, 0.3) is 0 Å². The SMILES string of the molecule is CO[C@H]1CCN(C(=O)C(N)CN)[C@@H](C)C1. The highest BCUT2D eigenvalue weighted by Crippen LogP contribution is 2.19. The van der Waals surface area contributed by atoms with Gasteiger partial charge in [0.2, 0.25) is 5.91 Å². The lowest BCUT2D eigenvalue weighted by molar-refractivity contribution is -0.137. The molecule has 1 amide bonds. The average molecular weight is 215 g/mol. The van der Waals surface area contributed by atoms with Crippen LogP contribution in [0.1, 0.15) is 19.8 Å². The van der Waals surface area contributed by atoms with Gasteiger partial charge in [-0.3, -0.25) is 4.79 Å². The van der Waals surface area contributed by atoms with Gasteiger partial charge in [0, 0.05) is 26.2 Å². The van der Waals surface area contributed by atoms with E-state index in [1.807, 2.05) is 11.8 Å². The summed E-state index contributed by atoms with van der Waals surface area (Å²) in [6.45, 7) is 2.94. The van der Waals surface area contributed by atoms with Crippen LogP contribution >= 0.6 is 0 Å². The zero-order valence-electron chi connectivity index (χ0n) is 9.48. The fourth-order valence-electron chi connectivity index (χ4n) is 1.98. The van der Waals surface area contributed by atoms with E-state index in [-0.39, 0.29) is 24.6 Å². The Hall–Kier alpha value is -0.650. The summed E-state index contributed by atoms with van der Waals surface area (Å²) in [6.07, 6.45) is 2.02. The van der Waals surface area contributed by atoms with Gasteiger partial charge in [-0.2, -0.15) is 0 Å². The summed E-state index contributed by atoms with van der Waals surface area (Å²) < 4.78 is 5.28. The van der Waals surface area contributed by atoms with Crippen molar-refractivity contribution in [2.24, 2.45) is 11.5 Å². The number of amides is 1. The molecule has 1 aliphatic rings. The van der Waals surface area contributed by atoms with E-state index in [1.54, 1.807) is 7.11 Å². The van der Waals surface area contributed by atoms with Gasteiger partial charge in [0.1, 0.15) is 0 Å². The molecule has 5 nitrogen and oxygen atoms in total. The number of carbonyl (C=O) groups is 1. The minimum absolute atomic E-state index is 0.0421. The summed E-state index contributed by atoms with van der Waals surface area (Å²) >= 11 is 0. The molecule has 0 aromatic heterocycles. The van der Waals surface area contributed by atoms with Gasteiger partial charge in [-0.1, -0.05) is 0 Å². The van der Waals surface area contributed by atoms with Crippen LogP contribution in [0.4, 0.5) is 0 Å². The lowest BCUT2D eigenvalue weighted by atomic mass is 9.99. The molecule has 4 N–H and O–H groups in total. The third-order valence-electron chi connectivity index (χ3n) is 3.02. The van der Waals surface area contributed by atoms with Gasteiger partial charge in [-0.25, -0.2) is 0 Å². The Morgan fingerprint density at radius 3 is 2.80 bits per heavy atom. The van der Waals surface area contributed by atoms with Gasteiger partial charge in [0.05, 0.1) is 12.1 Å². The molecule has 1 unspecified atom stereocenters. The normalized spacial score (nSPS) is 28.9. The molecule has 1 heterocycles. The van der Waals surface area contributed by atoms with E-state index in [0.717, 1.165) is 12.8 Å². The monoisotopic (exact) mass is 215 g/mol. The molecule has 5 heteroatoms. The Balaban J connectivity index is 2.54. The fraction of sp³-hybridized carbons (Fsp3) is 0.900. The lowest BCUT2D eigenvalue weighted by Crippen LogP contribution is -2.54. The second kappa shape index (κ2) is 5.44.